The molecule has 0 aliphatic carbocycles. The van der Waals surface area contributed by atoms with Crippen LogP contribution in [0.2, 0.25) is 0 Å². The number of benzene rings is 2. The molecule has 0 fully saturated rings. The van der Waals surface area contributed by atoms with E-state index >= 15 is 0 Å². The number of rotatable bonds is 3. The van der Waals surface area contributed by atoms with Crippen molar-refractivity contribution in [3.05, 3.63) is 56.1 Å². The Morgan fingerprint density at radius 3 is 2.56 bits per heavy atom. The third-order valence-corrected chi connectivity index (χ3v) is 3.65. The number of carbonyl (C=O) groups is 1. The Balaban J connectivity index is 2.41. The molecule has 0 radical (unpaired) electrons. The van der Waals surface area contributed by atoms with Gasteiger partial charge in [-0.05, 0) is 52.9 Å². The molecule has 0 saturated heterocycles. The second kappa shape index (κ2) is 5.71. The SMILES string of the molecule is NC(=O)c1cc(Br)ccc1Oc1ccccc1I. The summed E-state index contributed by atoms with van der Waals surface area (Å²) in [7, 11) is 0. The summed E-state index contributed by atoms with van der Waals surface area (Å²) in [5.41, 5.74) is 5.68. The van der Waals surface area contributed by atoms with Crippen LogP contribution < -0.4 is 10.5 Å². The monoisotopic (exact) mass is 417 g/mol. The van der Waals surface area contributed by atoms with Gasteiger partial charge in [-0.2, -0.15) is 0 Å². The van der Waals surface area contributed by atoms with Crippen LogP contribution in [-0.2, 0) is 0 Å². The molecule has 0 unspecified atom stereocenters. The van der Waals surface area contributed by atoms with Crippen molar-refractivity contribution in [1.29, 1.82) is 0 Å². The van der Waals surface area contributed by atoms with Crippen LogP contribution >= 0.6 is 38.5 Å². The Morgan fingerprint density at radius 1 is 1.17 bits per heavy atom. The molecule has 3 nitrogen and oxygen atoms in total. The predicted molar refractivity (Wildman–Crippen MR) is 81.9 cm³/mol. The summed E-state index contributed by atoms with van der Waals surface area (Å²) in [4.78, 5) is 11.4. The molecule has 2 aromatic rings. The van der Waals surface area contributed by atoms with Crippen molar-refractivity contribution in [3.8, 4) is 11.5 Å². The molecule has 92 valence electrons. The van der Waals surface area contributed by atoms with E-state index in [9.17, 15) is 4.79 Å². The molecule has 0 aliphatic rings. The second-order valence-electron chi connectivity index (χ2n) is 3.54. The number of halogens is 2. The third kappa shape index (κ3) is 3.02. The molecular weight excluding hydrogens is 409 g/mol. The number of amides is 1. The molecule has 2 aromatic carbocycles. The molecule has 0 saturated carbocycles. The minimum atomic E-state index is -0.516. The Labute approximate surface area is 127 Å². The van der Waals surface area contributed by atoms with Crippen LogP contribution in [0.5, 0.6) is 11.5 Å². The first-order valence-electron chi connectivity index (χ1n) is 5.09. The minimum Gasteiger partial charge on any atom is -0.455 e. The van der Waals surface area contributed by atoms with Gasteiger partial charge in [0.25, 0.3) is 5.91 Å². The Bertz CT molecular complexity index is 601. The summed E-state index contributed by atoms with van der Waals surface area (Å²) in [6, 6.07) is 12.7. The van der Waals surface area contributed by atoms with E-state index in [2.05, 4.69) is 38.5 Å². The number of carbonyl (C=O) groups excluding carboxylic acids is 1. The van der Waals surface area contributed by atoms with Gasteiger partial charge in [0, 0.05) is 4.47 Å². The number of hydrogen-bond acceptors (Lipinski definition) is 2. The van der Waals surface area contributed by atoms with Crippen LogP contribution in [0.25, 0.3) is 0 Å². The van der Waals surface area contributed by atoms with Crippen molar-refractivity contribution in [3.63, 3.8) is 0 Å². The van der Waals surface area contributed by atoms with Gasteiger partial charge < -0.3 is 10.5 Å². The van der Waals surface area contributed by atoms with E-state index in [1.54, 1.807) is 18.2 Å². The zero-order chi connectivity index (χ0) is 13.1. The molecule has 0 heterocycles. The Kier molecular flexibility index (Phi) is 4.23. The molecule has 2 N–H and O–H groups in total. The molecule has 1 amide bonds. The second-order valence-corrected chi connectivity index (χ2v) is 5.62. The van der Waals surface area contributed by atoms with Crippen LogP contribution in [0, 0.1) is 3.57 Å². The lowest BCUT2D eigenvalue weighted by molar-refractivity contribution is 0.0998. The summed E-state index contributed by atoms with van der Waals surface area (Å²) in [5.74, 6) is 0.634. The first-order valence-corrected chi connectivity index (χ1v) is 6.97. The van der Waals surface area contributed by atoms with Crippen LogP contribution in [0.15, 0.2) is 46.9 Å². The summed E-state index contributed by atoms with van der Waals surface area (Å²) in [6.45, 7) is 0. The fraction of sp³-hybridized carbons (Fsp3) is 0. The maximum atomic E-state index is 11.4. The van der Waals surface area contributed by atoms with Gasteiger partial charge >= 0.3 is 0 Å². The quantitative estimate of drug-likeness (QED) is 0.769. The van der Waals surface area contributed by atoms with E-state index in [1.165, 1.54) is 0 Å². The highest BCUT2D eigenvalue weighted by atomic mass is 127. The zero-order valence-electron chi connectivity index (χ0n) is 9.19. The summed E-state index contributed by atoms with van der Waals surface area (Å²) >= 11 is 5.47. The number of nitrogens with two attached hydrogens (primary N) is 1. The van der Waals surface area contributed by atoms with Crippen LogP contribution in [-0.4, -0.2) is 5.91 Å². The molecule has 2 rings (SSSR count). The third-order valence-electron chi connectivity index (χ3n) is 2.26. The minimum absolute atomic E-state index is 0.351. The first kappa shape index (κ1) is 13.4. The van der Waals surface area contributed by atoms with E-state index in [0.717, 1.165) is 8.04 Å². The topological polar surface area (TPSA) is 52.3 Å². The van der Waals surface area contributed by atoms with Gasteiger partial charge in [-0.15, -0.1) is 0 Å². The van der Waals surface area contributed by atoms with Crippen LogP contribution in [0.1, 0.15) is 10.4 Å². The highest BCUT2D eigenvalue weighted by molar-refractivity contribution is 14.1. The zero-order valence-corrected chi connectivity index (χ0v) is 12.9. The number of primary amides is 1. The highest BCUT2D eigenvalue weighted by Gasteiger charge is 2.11. The average molecular weight is 418 g/mol. The normalized spacial score (nSPS) is 10.1. The van der Waals surface area contributed by atoms with Gasteiger partial charge in [-0.3, -0.25) is 4.79 Å². The smallest absolute Gasteiger partial charge is 0.252 e. The van der Waals surface area contributed by atoms with Gasteiger partial charge in [0.15, 0.2) is 0 Å². The van der Waals surface area contributed by atoms with E-state index < -0.39 is 5.91 Å². The van der Waals surface area contributed by atoms with E-state index in [4.69, 9.17) is 10.5 Å². The van der Waals surface area contributed by atoms with Crippen molar-refractivity contribution in [2.75, 3.05) is 0 Å². The number of hydrogen-bond donors (Lipinski definition) is 1. The lowest BCUT2D eigenvalue weighted by atomic mass is 10.2. The maximum Gasteiger partial charge on any atom is 0.252 e. The van der Waals surface area contributed by atoms with Crippen LogP contribution in [0.4, 0.5) is 0 Å². The largest absolute Gasteiger partial charge is 0.455 e. The van der Waals surface area contributed by atoms with Gasteiger partial charge in [0.1, 0.15) is 11.5 Å². The molecular formula is C13H9BrINO2. The summed E-state index contributed by atoms with van der Waals surface area (Å²) in [5, 5.41) is 0. The van der Waals surface area contributed by atoms with Crippen molar-refractivity contribution in [2.45, 2.75) is 0 Å². The molecule has 0 aromatic heterocycles. The molecule has 18 heavy (non-hydrogen) atoms. The number of ether oxygens (including phenoxy) is 1. The first-order chi connectivity index (χ1) is 8.58. The fourth-order valence-corrected chi connectivity index (χ4v) is 2.29. The standard InChI is InChI=1S/C13H9BrINO2/c14-8-5-6-11(9(7-8)13(16)17)18-12-4-2-1-3-10(12)15/h1-7H,(H2,16,17). The van der Waals surface area contributed by atoms with Gasteiger partial charge in [-0.25, -0.2) is 0 Å². The van der Waals surface area contributed by atoms with Crippen molar-refractivity contribution < 1.29 is 9.53 Å². The van der Waals surface area contributed by atoms with Crippen molar-refractivity contribution >= 4 is 44.4 Å². The van der Waals surface area contributed by atoms with Gasteiger partial charge in [0.05, 0.1) is 9.13 Å². The lowest BCUT2D eigenvalue weighted by Crippen LogP contribution is -2.12. The molecule has 0 aliphatic heterocycles. The van der Waals surface area contributed by atoms with Gasteiger partial charge in [-0.1, -0.05) is 28.1 Å². The molecule has 5 heteroatoms. The lowest BCUT2D eigenvalue weighted by Gasteiger charge is -2.10. The summed E-state index contributed by atoms with van der Waals surface area (Å²) < 4.78 is 7.48. The van der Waals surface area contributed by atoms with Crippen molar-refractivity contribution in [1.82, 2.24) is 0 Å². The summed E-state index contributed by atoms with van der Waals surface area (Å²) in [6.07, 6.45) is 0. The predicted octanol–water partition coefficient (Wildman–Crippen LogP) is 3.94. The Hall–Kier alpha value is -1.08. The van der Waals surface area contributed by atoms with Crippen LogP contribution in [0.3, 0.4) is 0 Å². The Morgan fingerprint density at radius 2 is 1.89 bits per heavy atom. The number of para-hydroxylation sites is 1. The molecule has 0 spiro atoms. The van der Waals surface area contributed by atoms with E-state index in [0.29, 0.717) is 17.1 Å². The fourth-order valence-electron chi connectivity index (χ4n) is 1.43. The molecule has 0 atom stereocenters. The van der Waals surface area contributed by atoms with Gasteiger partial charge in [0.2, 0.25) is 0 Å². The van der Waals surface area contributed by atoms with E-state index in [1.807, 2.05) is 24.3 Å². The van der Waals surface area contributed by atoms with Crippen molar-refractivity contribution in [2.24, 2.45) is 5.73 Å². The molecule has 0 bridgehead atoms. The maximum absolute atomic E-state index is 11.4. The van der Waals surface area contributed by atoms with E-state index in [-0.39, 0.29) is 0 Å². The average Bonchev–Trinajstić information content (AvgIpc) is 2.34. The highest BCUT2D eigenvalue weighted by Crippen LogP contribution is 2.30.